The van der Waals surface area contributed by atoms with Gasteiger partial charge < -0.3 is 10.1 Å². The summed E-state index contributed by atoms with van der Waals surface area (Å²) >= 11 is 1.04. The van der Waals surface area contributed by atoms with Crippen molar-refractivity contribution < 1.29 is 27.1 Å². The van der Waals surface area contributed by atoms with Crippen LogP contribution in [-0.4, -0.2) is 18.0 Å². The van der Waals surface area contributed by atoms with Crippen LogP contribution in [0.3, 0.4) is 0 Å². The zero-order valence-electron chi connectivity index (χ0n) is 14.7. The first-order valence-corrected chi connectivity index (χ1v) is 8.80. The molecule has 1 heterocycles. The Hall–Kier alpha value is -2.94. The molecule has 1 N–H and O–H groups in total. The second-order valence-electron chi connectivity index (χ2n) is 5.81. The quantitative estimate of drug-likeness (QED) is 0.575. The molecular formula is C19H14F4N2O2S. The molecule has 0 spiro atoms. The van der Waals surface area contributed by atoms with Crippen LogP contribution in [0, 0.1) is 12.7 Å². The molecule has 0 fully saturated rings. The van der Waals surface area contributed by atoms with Crippen LogP contribution >= 0.6 is 11.3 Å². The standard InChI is InChI=1S/C19H14F4N2O2S/c1-10-16(17(26)25-13-7-8-15(27-2)14(20)9-13)28-18(24-10)11-3-5-12(6-4-11)19(21,22)23/h3-9H,1-2H3,(H,25,26). The van der Waals surface area contributed by atoms with E-state index in [2.05, 4.69) is 10.3 Å². The molecule has 0 atom stereocenters. The van der Waals surface area contributed by atoms with Crippen LogP contribution in [0.15, 0.2) is 42.5 Å². The van der Waals surface area contributed by atoms with E-state index in [-0.39, 0.29) is 16.3 Å². The van der Waals surface area contributed by atoms with Crippen LogP contribution in [0.4, 0.5) is 23.2 Å². The highest BCUT2D eigenvalue weighted by molar-refractivity contribution is 7.17. The van der Waals surface area contributed by atoms with E-state index in [0.717, 1.165) is 29.5 Å². The van der Waals surface area contributed by atoms with Gasteiger partial charge in [-0.2, -0.15) is 13.2 Å². The molecule has 2 aromatic carbocycles. The lowest BCUT2D eigenvalue weighted by atomic mass is 10.1. The third-order valence-corrected chi connectivity index (χ3v) is 5.08. The number of alkyl halides is 3. The fourth-order valence-electron chi connectivity index (χ4n) is 2.46. The number of anilines is 1. The van der Waals surface area contributed by atoms with E-state index >= 15 is 0 Å². The minimum atomic E-state index is -4.42. The van der Waals surface area contributed by atoms with Gasteiger partial charge in [0.05, 0.1) is 18.4 Å². The molecule has 0 saturated heterocycles. The normalized spacial score (nSPS) is 11.4. The van der Waals surface area contributed by atoms with Crippen molar-refractivity contribution in [3.8, 4) is 16.3 Å². The molecule has 0 bridgehead atoms. The Morgan fingerprint density at radius 1 is 1.14 bits per heavy atom. The van der Waals surface area contributed by atoms with Crippen molar-refractivity contribution >= 4 is 22.9 Å². The highest BCUT2D eigenvalue weighted by atomic mass is 32.1. The van der Waals surface area contributed by atoms with E-state index in [1.807, 2.05) is 0 Å². The fraction of sp³-hybridized carbons (Fsp3) is 0.158. The summed E-state index contributed by atoms with van der Waals surface area (Å²) in [5, 5.41) is 2.99. The van der Waals surface area contributed by atoms with Gasteiger partial charge in [-0.1, -0.05) is 12.1 Å². The summed E-state index contributed by atoms with van der Waals surface area (Å²) in [6, 6.07) is 8.55. The minimum Gasteiger partial charge on any atom is -0.494 e. The number of halogens is 4. The van der Waals surface area contributed by atoms with Gasteiger partial charge in [0.2, 0.25) is 0 Å². The van der Waals surface area contributed by atoms with Crippen molar-refractivity contribution in [2.75, 3.05) is 12.4 Å². The largest absolute Gasteiger partial charge is 0.494 e. The number of methoxy groups -OCH3 is 1. The molecule has 0 aliphatic rings. The third kappa shape index (κ3) is 4.14. The monoisotopic (exact) mass is 410 g/mol. The molecule has 0 saturated carbocycles. The Labute approximate surface area is 161 Å². The number of carbonyl (C=O) groups is 1. The summed E-state index contributed by atoms with van der Waals surface area (Å²) < 4.78 is 56.6. The zero-order valence-corrected chi connectivity index (χ0v) is 15.5. The molecule has 0 aliphatic heterocycles. The molecule has 28 heavy (non-hydrogen) atoms. The molecule has 0 unspecified atom stereocenters. The maximum absolute atomic E-state index is 13.8. The molecule has 1 amide bonds. The van der Waals surface area contributed by atoms with E-state index in [9.17, 15) is 22.4 Å². The van der Waals surface area contributed by atoms with Crippen LogP contribution in [-0.2, 0) is 6.18 Å². The van der Waals surface area contributed by atoms with Crippen molar-refractivity contribution in [3.05, 3.63) is 64.4 Å². The average molecular weight is 410 g/mol. The van der Waals surface area contributed by atoms with E-state index < -0.39 is 23.5 Å². The predicted octanol–water partition coefficient (Wildman–Crippen LogP) is 5.54. The lowest BCUT2D eigenvalue weighted by molar-refractivity contribution is -0.137. The number of aryl methyl sites for hydroxylation is 1. The molecular weight excluding hydrogens is 396 g/mol. The Kier molecular flexibility index (Phi) is 5.37. The molecule has 3 aromatic rings. The van der Waals surface area contributed by atoms with Crippen LogP contribution in [0.25, 0.3) is 10.6 Å². The van der Waals surface area contributed by atoms with Crippen LogP contribution in [0.5, 0.6) is 5.75 Å². The average Bonchev–Trinajstić information content (AvgIpc) is 3.03. The molecule has 3 rings (SSSR count). The molecule has 0 radical (unpaired) electrons. The summed E-state index contributed by atoms with van der Waals surface area (Å²) in [7, 11) is 1.33. The number of carbonyl (C=O) groups excluding carboxylic acids is 1. The molecule has 9 heteroatoms. The third-order valence-electron chi connectivity index (χ3n) is 3.87. The fourth-order valence-corrected chi connectivity index (χ4v) is 3.43. The first-order valence-electron chi connectivity index (χ1n) is 7.99. The number of amides is 1. The Morgan fingerprint density at radius 2 is 1.82 bits per heavy atom. The summed E-state index contributed by atoms with van der Waals surface area (Å²) in [4.78, 5) is 17.0. The smallest absolute Gasteiger partial charge is 0.416 e. The van der Waals surface area contributed by atoms with E-state index in [0.29, 0.717) is 16.3 Å². The second kappa shape index (κ2) is 7.59. The van der Waals surface area contributed by atoms with Crippen molar-refractivity contribution in [2.45, 2.75) is 13.1 Å². The van der Waals surface area contributed by atoms with Crippen molar-refractivity contribution in [1.82, 2.24) is 4.98 Å². The highest BCUT2D eigenvalue weighted by Gasteiger charge is 2.30. The van der Waals surface area contributed by atoms with Gasteiger partial charge in [0.1, 0.15) is 9.88 Å². The van der Waals surface area contributed by atoms with E-state index in [4.69, 9.17) is 4.74 Å². The Balaban J connectivity index is 1.81. The van der Waals surface area contributed by atoms with Crippen molar-refractivity contribution in [2.24, 2.45) is 0 Å². The molecule has 0 aliphatic carbocycles. The number of nitrogens with zero attached hydrogens (tertiary/aromatic N) is 1. The zero-order chi connectivity index (χ0) is 20.5. The van der Waals surface area contributed by atoms with E-state index in [1.165, 1.54) is 31.4 Å². The minimum absolute atomic E-state index is 0.0524. The second-order valence-corrected chi connectivity index (χ2v) is 6.81. The summed E-state index contributed by atoms with van der Waals surface area (Å²) in [5.41, 5.74) is 0.373. The highest BCUT2D eigenvalue weighted by Crippen LogP contribution is 2.33. The van der Waals surface area contributed by atoms with Crippen molar-refractivity contribution in [3.63, 3.8) is 0 Å². The summed E-state index contributed by atoms with van der Waals surface area (Å²) in [5.74, 6) is -1.05. The lowest BCUT2D eigenvalue weighted by Crippen LogP contribution is -2.11. The number of rotatable bonds is 4. The van der Waals surface area contributed by atoms with Gasteiger partial charge in [0, 0.05) is 17.3 Å². The van der Waals surface area contributed by atoms with Crippen LogP contribution < -0.4 is 10.1 Å². The Morgan fingerprint density at radius 3 is 2.39 bits per heavy atom. The van der Waals surface area contributed by atoms with Gasteiger partial charge >= 0.3 is 6.18 Å². The first-order chi connectivity index (χ1) is 13.2. The Bertz CT molecular complexity index is 1010. The van der Waals surface area contributed by atoms with Gasteiger partial charge in [-0.05, 0) is 31.2 Å². The lowest BCUT2D eigenvalue weighted by Gasteiger charge is -2.07. The predicted molar refractivity (Wildman–Crippen MR) is 98.2 cm³/mol. The number of ether oxygens (including phenoxy) is 1. The summed E-state index contributed by atoms with van der Waals surface area (Å²) in [6.07, 6.45) is -4.42. The van der Waals surface area contributed by atoms with Gasteiger partial charge in [-0.3, -0.25) is 4.79 Å². The maximum atomic E-state index is 13.8. The topological polar surface area (TPSA) is 51.2 Å². The number of hydrogen-bond acceptors (Lipinski definition) is 4. The molecule has 146 valence electrons. The molecule has 1 aromatic heterocycles. The number of benzene rings is 2. The van der Waals surface area contributed by atoms with Gasteiger partial charge in [-0.25, -0.2) is 9.37 Å². The number of hydrogen-bond donors (Lipinski definition) is 1. The van der Waals surface area contributed by atoms with E-state index in [1.54, 1.807) is 6.92 Å². The van der Waals surface area contributed by atoms with Crippen LogP contribution in [0.2, 0.25) is 0 Å². The number of nitrogens with one attached hydrogen (secondary N) is 1. The van der Waals surface area contributed by atoms with Crippen LogP contribution in [0.1, 0.15) is 20.9 Å². The van der Waals surface area contributed by atoms with Crippen molar-refractivity contribution in [1.29, 1.82) is 0 Å². The van der Waals surface area contributed by atoms with Gasteiger partial charge in [-0.15, -0.1) is 11.3 Å². The first kappa shape index (κ1) is 19.8. The number of aromatic nitrogens is 1. The number of thiazole rings is 1. The van der Waals surface area contributed by atoms with Gasteiger partial charge in [0.15, 0.2) is 11.6 Å². The maximum Gasteiger partial charge on any atom is 0.416 e. The SMILES string of the molecule is COc1ccc(NC(=O)c2sc(-c3ccc(C(F)(F)F)cc3)nc2C)cc1F. The van der Waals surface area contributed by atoms with Gasteiger partial charge in [0.25, 0.3) is 5.91 Å². The molecule has 4 nitrogen and oxygen atoms in total. The summed E-state index contributed by atoms with van der Waals surface area (Å²) in [6.45, 7) is 1.62.